The smallest absolute Gasteiger partial charge is 0.387 e. The highest BCUT2D eigenvalue weighted by Crippen LogP contribution is 2.30. The zero-order valence-corrected chi connectivity index (χ0v) is 11.2. The van der Waals surface area contributed by atoms with Gasteiger partial charge in [-0.25, -0.2) is 0 Å². The Bertz CT molecular complexity index is 441. The van der Waals surface area contributed by atoms with E-state index in [1.54, 1.807) is 6.92 Å². The molecule has 0 aromatic heterocycles. The van der Waals surface area contributed by atoms with Crippen molar-refractivity contribution < 1.29 is 23.0 Å². The van der Waals surface area contributed by atoms with Crippen LogP contribution in [-0.4, -0.2) is 19.2 Å². The zero-order valence-electron chi connectivity index (χ0n) is 9.58. The number of carbonyl (C=O) groups is 1. The number of benzene rings is 1. The molecular weight excluding hydrogens is 312 g/mol. The summed E-state index contributed by atoms with van der Waals surface area (Å²) in [6, 6.07) is 2.70. The molecule has 0 saturated carbocycles. The fourth-order valence-electron chi connectivity index (χ4n) is 1.32. The van der Waals surface area contributed by atoms with Gasteiger partial charge in [-0.2, -0.15) is 8.78 Å². The average Bonchev–Trinajstić information content (AvgIpc) is 2.25. The van der Waals surface area contributed by atoms with Gasteiger partial charge in [0.1, 0.15) is 5.75 Å². The number of esters is 1. The second-order valence-electron chi connectivity index (χ2n) is 3.34. The molecule has 0 aliphatic rings. The van der Waals surface area contributed by atoms with Crippen molar-refractivity contribution in [1.29, 1.82) is 0 Å². The minimum Gasteiger partial charge on any atom is -0.466 e. The van der Waals surface area contributed by atoms with Crippen molar-refractivity contribution in [3.63, 3.8) is 0 Å². The Morgan fingerprint density at radius 3 is 2.72 bits per heavy atom. The lowest BCUT2D eigenvalue weighted by molar-refractivity contribution is -0.142. The van der Waals surface area contributed by atoms with Crippen LogP contribution in [0.4, 0.5) is 14.5 Å². The number of halogens is 3. The highest BCUT2D eigenvalue weighted by molar-refractivity contribution is 9.10. The van der Waals surface area contributed by atoms with Gasteiger partial charge < -0.3 is 15.2 Å². The van der Waals surface area contributed by atoms with Crippen LogP contribution in [0.2, 0.25) is 0 Å². The Morgan fingerprint density at radius 1 is 1.50 bits per heavy atom. The largest absolute Gasteiger partial charge is 0.466 e. The van der Waals surface area contributed by atoms with Crippen LogP contribution in [0.15, 0.2) is 16.6 Å². The van der Waals surface area contributed by atoms with Crippen LogP contribution in [0.1, 0.15) is 12.5 Å². The number of anilines is 1. The second-order valence-corrected chi connectivity index (χ2v) is 4.20. The lowest BCUT2D eigenvalue weighted by Gasteiger charge is -2.12. The molecule has 0 bridgehead atoms. The molecule has 18 heavy (non-hydrogen) atoms. The number of ether oxygens (including phenoxy) is 2. The third kappa shape index (κ3) is 4.14. The molecule has 0 amide bonds. The van der Waals surface area contributed by atoms with Gasteiger partial charge >= 0.3 is 12.6 Å². The van der Waals surface area contributed by atoms with E-state index in [4.69, 9.17) is 10.5 Å². The van der Waals surface area contributed by atoms with Crippen molar-refractivity contribution in [3.8, 4) is 5.75 Å². The highest BCUT2D eigenvalue weighted by atomic mass is 79.9. The third-order valence-corrected chi connectivity index (χ3v) is 2.72. The summed E-state index contributed by atoms with van der Waals surface area (Å²) < 4.78 is 34.0. The number of hydrogen-bond acceptors (Lipinski definition) is 4. The lowest BCUT2D eigenvalue weighted by atomic mass is 10.1. The molecule has 2 N–H and O–H groups in total. The number of rotatable bonds is 5. The third-order valence-electron chi connectivity index (χ3n) is 2.04. The van der Waals surface area contributed by atoms with E-state index in [1.165, 1.54) is 12.1 Å². The molecule has 0 fully saturated rings. The Balaban J connectivity index is 2.99. The second kappa shape index (κ2) is 6.53. The minimum absolute atomic E-state index is 0.126. The maximum absolute atomic E-state index is 12.2. The van der Waals surface area contributed by atoms with E-state index in [0.717, 1.165) is 0 Å². The predicted octanol–water partition coefficient (Wildman–Crippen LogP) is 2.74. The standard InChI is InChI=1S/C11H12BrF2NO3/c1-2-17-10(16)4-6-3-7(12)8(15)5-9(6)18-11(13)14/h3,5,11H,2,4,15H2,1H3. The fourth-order valence-corrected chi connectivity index (χ4v) is 1.71. The first kappa shape index (κ1) is 14.7. The fraction of sp³-hybridized carbons (Fsp3) is 0.364. The lowest BCUT2D eigenvalue weighted by Crippen LogP contribution is -2.11. The number of hydrogen-bond donors (Lipinski definition) is 1. The van der Waals surface area contributed by atoms with Gasteiger partial charge in [-0.05, 0) is 28.9 Å². The van der Waals surface area contributed by atoms with Gasteiger partial charge in [0.15, 0.2) is 0 Å². The van der Waals surface area contributed by atoms with Gasteiger partial charge in [0.25, 0.3) is 0 Å². The molecule has 7 heteroatoms. The molecule has 0 saturated heterocycles. The summed E-state index contributed by atoms with van der Waals surface area (Å²) >= 11 is 3.16. The van der Waals surface area contributed by atoms with Crippen LogP contribution in [0.25, 0.3) is 0 Å². The van der Waals surface area contributed by atoms with E-state index < -0.39 is 12.6 Å². The molecule has 0 heterocycles. The normalized spacial score (nSPS) is 10.5. The number of alkyl halides is 2. The van der Waals surface area contributed by atoms with Crippen molar-refractivity contribution in [1.82, 2.24) is 0 Å². The van der Waals surface area contributed by atoms with E-state index in [2.05, 4.69) is 20.7 Å². The molecule has 0 radical (unpaired) electrons. The molecule has 0 unspecified atom stereocenters. The van der Waals surface area contributed by atoms with E-state index >= 15 is 0 Å². The molecule has 0 aliphatic heterocycles. The molecule has 0 spiro atoms. The predicted molar refractivity (Wildman–Crippen MR) is 65.5 cm³/mol. The summed E-state index contributed by atoms with van der Waals surface area (Å²) in [6.07, 6.45) is -0.158. The summed E-state index contributed by atoms with van der Waals surface area (Å²) in [5.41, 5.74) is 6.10. The molecule has 4 nitrogen and oxygen atoms in total. The van der Waals surface area contributed by atoms with Crippen molar-refractivity contribution in [3.05, 3.63) is 22.2 Å². The number of carbonyl (C=O) groups excluding carboxylic acids is 1. The van der Waals surface area contributed by atoms with Gasteiger partial charge in [0.05, 0.1) is 13.0 Å². The Hall–Kier alpha value is -1.37. The maximum atomic E-state index is 12.2. The Labute approximate surface area is 111 Å². The van der Waals surface area contributed by atoms with Crippen molar-refractivity contribution in [2.24, 2.45) is 0 Å². The van der Waals surface area contributed by atoms with Crippen molar-refractivity contribution in [2.75, 3.05) is 12.3 Å². The number of nitrogen functional groups attached to an aromatic ring is 1. The average molecular weight is 324 g/mol. The maximum Gasteiger partial charge on any atom is 0.387 e. The monoisotopic (exact) mass is 323 g/mol. The van der Waals surface area contributed by atoms with E-state index in [-0.39, 0.29) is 30.0 Å². The van der Waals surface area contributed by atoms with Crippen LogP contribution in [0, 0.1) is 0 Å². The van der Waals surface area contributed by atoms with Crippen LogP contribution < -0.4 is 10.5 Å². The first-order valence-electron chi connectivity index (χ1n) is 5.12. The summed E-state index contributed by atoms with van der Waals surface area (Å²) in [5, 5.41) is 0. The molecule has 1 aromatic carbocycles. The summed E-state index contributed by atoms with van der Waals surface area (Å²) in [6.45, 7) is -1.10. The Morgan fingerprint density at radius 2 is 2.17 bits per heavy atom. The summed E-state index contributed by atoms with van der Waals surface area (Å²) in [5.74, 6) is -0.646. The van der Waals surface area contributed by atoms with Crippen LogP contribution in [0.5, 0.6) is 5.75 Å². The SMILES string of the molecule is CCOC(=O)Cc1cc(Br)c(N)cc1OC(F)F. The van der Waals surface area contributed by atoms with Crippen molar-refractivity contribution in [2.45, 2.75) is 20.0 Å². The van der Waals surface area contributed by atoms with E-state index in [9.17, 15) is 13.6 Å². The minimum atomic E-state index is -2.98. The van der Waals surface area contributed by atoms with Crippen LogP contribution in [0.3, 0.4) is 0 Å². The van der Waals surface area contributed by atoms with Gasteiger partial charge in [-0.1, -0.05) is 0 Å². The first-order chi connectivity index (χ1) is 8.43. The van der Waals surface area contributed by atoms with E-state index in [0.29, 0.717) is 4.47 Å². The zero-order chi connectivity index (χ0) is 13.7. The van der Waals surface area contributed by atoms with Crippen LogP contribution >= 0.6 is 15.9 Å². The molecule has 1 aromatic rings. The first-order valence-corrected chi connectivity index (χ1v) is 5.91. The molecule has 100 valence electrons. The Kier molecular flexibility index (Phi) is 5.33. The molecular formula is C11H12BrF2NO3. The topological polar surface area (TPSA) is 61.5 Å². The van der Waals surface area contributed by atoms with Gasteiger partial charge in [0.2, 0.25) is 0 Å². The van der Waals surface area contributed by atoms with Gasteiger partial charge in [-0.3, -0.25) is 4.79 Å². The summed E-state index contributed by atoms with van der Waals surface area (Å²) in [4.78, 5) is 11.3. The van der Waals surface area contributed by atoms with Gasteiger partial charge in [-0.15, -0.1) is 0 Å². The van der Waals surface area contributed by atoms with E-state index in [1.807, 2.05) is 0 Å². The van der Waals surface area contributed by atoms with Crippen molar-refractivity contribution >= 4 is 27.6 Å². The molecule has 0 atom stereocenters. The quantitative estimate of drug-likeness (QED) is 0.668. The van der Waals surface area contributed by atoms with Crippen LogP contribution in [-0.2, 0) is 16.0 Å². The van der Waals surface area contributed by atoms with Gasteiger partial charge in [0, 0.05) is 21.8 Å². The number of nitrogens with two attached hydrogens (primary N) is 1. The molecule has 0 aliphatic carbocycles. The highest BCUT2D eigenvalue weighted by Gasteiger charge is 2.15. The molecule has 1 rings (SSSR count). The summed E-state index contributed by atoms with van der Waals surface area (Å²) in [7, 11) is 0.